The third-order valence-corrected chi connectivity index (χ3v) is 3.55. The van der Waals surface area contributed by atoms with Gasteiger partial charge in [-0.1, -0.05) is 6.92 Å². The smallest absolute Gasteiger partial charge is 0.222 e. The van der Waals surface area contributed by atoms with E-state index in [2.05, 4.69) is 17.1 Å². The molecule has 0 radical (unpaired) electrons. The van der Waals surface area contributed by atoms with Gasteiger partial charge in [-0.05, 0) is 37.8 Å². The molecule has 2 saturated heterocycles. The summed E-state index contributed by atoms with van der Waals surface area (Å²) in [6, 6.07) is 0. The summed E-state index contributed by atoms with van der Waals surface area (Å²) in [4.78, 5) is 13.6. The van der Waals surface area contributed by atoms with E-state index in [0.29, 0.717) is 11.3 Å². The Labute approximate surface area is 85.8 Å². The first-order valence-electron chi connectivity index (χ1n) is 5.68. The molecule has 0 aromatic carbocycles. The van der Waals surface area contributed by atoms with Crippen LogP contribution < -0.4 is 5.32 Å². The lowest BCUT2D eigenvalue weighted by Crippen LogP contribution is -2.43. The molecule has 0 aromatic heterocycles. The lowest BCUT2D eigenvalue weighted by atomic mass is 9.80. The van der Waals surface area contributed by atoms with Gasteiger partial charge in [0.1, 0.15) is 0 Å². The highest BCUT2D eigenvalue weighted by atomic mass is 16.2. The van der Waals surface area contributed by atoms with Crippen molar-refractivity contribution < 1.29 is 4.79 Å². The van der Waals surface area contributed by atoms with Gasteiger partial charge in [-0.15, -0.1) is 0 Å². The maximum absolute atomic E-state index is 11.5. The quantitative estimate of drug-likeness (QED) is 0.714. The molecule has 2 heterocycles. The van der Waals surface area contributed by atoms with Crippen molar-refractivity contribution in [3.05, 3.63) is 0 Å². The summed E-state index contributed by atoms with van der Waals surface area (Å²) in [6.07, 6.45) is 4.25. The number of amides is 1. The van der Waals surface area contributed by atoms with E-state index in [4.69, 9.17) is 0 Å². The number of likely N-dealkylation sites (tertiary alicyclic amines) is 1. The zero-order valence-corrected chi connectivity index (χ0v) is 9.01. The summed E-state index contributed by atoms with van der Waals surface area (Å²) in [5.74, 6) is 0.366. The molecule has 2 fully saturated rings. The zero-order valence-electron chi connectivity index (χ0n) is 9.01. The molecular formula is C11H20N2O. The van der Waals surface area contributed by atoms with Crippen LogP contribution in [0.4, 0.5) is 0 Å². The topological polar surface area (TPSA) is 32.3 Å². The second kappa shape index (κ2) is 3.89. The second-order valence-electron chi connectivity index (χ2n) is 4.98. The van der Waals surface area contributed by atoms with Crippen LogP contribution in [0.15, 0.2) is 0 Å². The molecule has 2 aliphatic rings. The Balaban J connectivity index is 1.91. The third kappa shape index (κ3) is 2.08. The van der Waals surface area contributed by atoms with Gasteiger partial charge in [-0.2, -0.15) is 0 Å². The number of nitrogens with zero attached hydrogens (tertiary/aromatic N) is 1. The SMILES string of the molecule is CC1(CN2CCCC2=O)CCNCC1. The Morgan fingerprint density at radius 3 is 2.71 bits per heavy atom. The molecule has 3 heteroatoms. The van der Waals surface area contributed by atoms with Gasteiger partial charge < -0.3 is 10.2 Å². The van der Waals surface area contributed by atoms with Gasteiger partial charge in [-0.3, -0.25) is 4.79 Å². The van der Waals surface area contributed by atoms with E-state index < -0.39 is 0 Å². The van der Waals surface area contributed by atoms with Gasteiger partial charge >= 0.3 is 0 Å². The predicted molar refractivity (Wildman–Crippen MR) is 56.0 cm³/mol. The van der Waals surface area contributed by atoms with Crippen molar-refractivity contribution in [2.24, 2.45) is 5.41 Å². The number of nitrogens with one attached hydrogen (secondary N) is 1. The maximum Gasteiger partial charge on any atom is 0.222 e. The number of carbonyl (C=O) groups excluding carboxylic acids is 1. The Hall–Kier alpha value is -0.570. The number of hydrogen-bond acceptors (Lipinski definition) is 2. The molecule has 0 aromatic rings. The van der Waals surface area contributed by atoms with E-state index >= 15 is 0 Å². The number of rotatable bonds is 2. The van der Waals surface area contributed by atoms with Gasteiger partial charge in [0.15, 0.2) is 0 Å². The molecule has 3 nitrogen and oxygen atoms in total. The second-order valence-corrected chi connectivity index (χ2v) is 4.98. The molecule has 0 unspecified atom stereocenters. The Morgan fingerprint density at radius 1 is 1.43 bits per heavy atom. The van der Waals surface area contributed by atoms with Crippen LogP contribution in [0.2, 0.25) is 0 Å². The van der Waals surface area contributed by atoms with E-state index in [1.54, 1.807) is 0 Å². The lowest BCUT2D eigenvalue weighted by Gasteiger charge is -2.37. The van der Waals surface area contributed by atoms with Crippen molar-refractivity contribution in [3.8, 4) is 0 Å². The van der Waals surface area contributed by atoms with Crippen molar-refractivity contribution in [1.29, 1.82) is 0 Å². The molecule has 14 heavy (non-hydrogen) atoms. The van der Waals surface area contributed by atoms with Crippen LogP contribution in [-0.4, -0.2) is 37.0 Å². The minimum atomic E-state index is 0.366. The predicted octanol–water partition coefficient (Wildman–Crippen LogP) is 0.998. The fraction of sp³-hybridized carbons (Fsp3) is 0.909. The summed E-state index contributed by atoms with van der Waals surface area (Å²) < 4.78 is 0. The maximum atomic E-state index is 11.5. The molecule has 1 N–H and O–H groups in total. The zero-order chi connectivity index (χ0) is 10.0. The first-order chi connectivity index (χ1) is 6.70. The average Bonchev–Trinajstić information content (AvgIpc) is 2.52. The minimum absolute atomic E-state index is 0.366. The summed E-state index contributed by atoms with van der Waals surface area (Å²) in [6.45, 7) is 6.51. The highest BCUT2D eigenvalue weighted by Gasteiger charge is 2.32. The highest BCUT2D eigenvalue weighted by molar-refractivity contribution is 5.78. The monoisotopic (exact) mass is 196 g/mol. The fourth-order valence-electron chi connectivity index (χ4n) is 2.52. The van der Waals surface area contributed by atoms with Gasteiger partial charge in [-0.25, -0.2) is 0 Å². The van der Waals surface area contributed by atoms with Gasteiger partial charge in [0, 0.05) is 19.5 Å². The molecule has 0 bridgehead atoms. The normalized spacial score (nSPS) is 26.9. The average molecular weight is 196 g/mol. The van der Waals surface area contributed by atoms with Crippen molar-refractivity contribution in [3.63, 3.8) is 0 Å². The number of piperidine rings is 1. The van der Waals surface area contributed by atoms with Crippen LogP contribution in [0, 0.1) is 5.41 Å². The molecule has 2 rings (SSSR count). The van der Waals surface area contributed by atoms with E-state index in [1.807, 2.05) is 0 Å². The minimum Gasteiger partial charge on any atom is -0.342 e. The van der Waals surface area contributed by atoms with Crippen LogP contribution in [0.5, 0.6) is 0 Å². The molecule has 80 valence electrons. The van der Waals surface area contributed by atoms with E-state index in [-0.39, 0.29) is 0 Å². The molecule has 0 atom stereocenters. The van der Waals surface area contributed by atoms with Gasteiger partial charge in [0.25, 0.3) is 0 Å². The summed E-state index contributed by atoms with van der Waals surface area (Å²) in [7, 11) is 0. The van der Waals surface area contributed by atoms with Gasteiger partial charge in [0.2, 0.25) is 5.91 Å². The fourth-order valence-corrected chi connectivity index (χ4v) is 2.52. The molecule has 0 saturated carbocycles. The summed E-state index contributed by atoms with van der Waals surface area (Å²) in [5, 5.41) is 3.37. The van der Waals surface area contributed by atoms with Crippen LogP contribution >= 0.6 is 0 Å². The van der Waals surface area contributed by atoms with Crippen molar-refractivity contribution >= 4 is 5.91 Å². The van der Waals surface area contributed by atoms with Crippen LogP contribution in [-0.2, 0) is 4.79 Å². The van der Waals surface area contributed by atoms with Gasteiger partial charge in [0.05, 0.1) is 0 Å². The Bertz CT molecular complexity index is 221. The molecule has 1 amide bonds. The Morgan fingerprint density at radius 2 is 2.14 bits per heavy atom. The number of hydrogen-bond donors (Lipinski definition) is 1. The molecule has 2 aliphatic heterocycles. The van der Waals surface area contributed by atoms with Crippen LogP contribution in [0.25, 0.3) is 0 Å². The van der Waals surface area contributed by atoms with Crippen LogP contribution in [0.1, 0.15) is 32.6 Å². The van der Waals surface area contributed by atoms with Crippen molar-refractivity contribution in [1.82, 2.24) is 10.2 Å². The molecular weight excluding hydrogens is 176 g/mol. The highest BCUT2D eigenvalue weighted by Crippen LogP contribution is 2.30. The third-order valence-electron chi connectivity index (χ3n) is 3.55. The van der Waals surface area contributed by atoms with Crippen LogP contribution in [0.3, 0.4) is 0 Å². The lowest BCUT2D eigenvalue weighted by molar-refractivity contribution is -0.129. The first-order valence-corrected chi connectivity index (χ1v) is 5.68. The molecule has 0 spiro atoms. The van der Waals surface area contributed by atoms with E-state index in [1.165, 1.54) is 12.8 Å². The number of carbonyl (C=O) groups is 1. The van der Waals surface area contributed by atoms with Crippen molar-refractivity contribution in [2.75, 3.05) is 26.2 Å². The first kappa shape index (κ1) is 9.97. The molecule has 0 aliphatic carbocycles. The largest absolute Gasteiger partial charge is 0.342 e. The summed E-state index contributed by atoms with van der Waals surface area (Å²) >= 11 is 0. The van der Waals surface area contributed by atoms with E-state index in [9.17, 15) is 4.79 Å². The van der Waals surface area contributed by atoms with Crippen molar-refractivity contribution in [2.45, 2.75) is 32.6 Å². The summed E-state index contributed by atoms with van der Waals surface area (Å²) in [5.41, 5.74) is 0.366. The van der Waals surface area contributed by atoms with E-state index in [0.717, 1.165) is 39.0 Å². The standard InChI is InChI=1S/C11H20N2O/c1-11(4-6-12-7-5-11)9-13-8-2-3-10(13)14/h12H,2-9H2,1H3. The Kier molecular flexibility index (Phi) is 2.77.